The summed E-state index contributed by atoms with van der Waals surface area (Å²) in [5.74, 6) is 1.33. The van der Waals surface area contributed by atoms with Gasteiger partial charge in [-0.3, -0.25) is 4.98 Å². The third-order valence-corrected chi connectivity index (χ3v) is 4.95. The summed E-state index contributed by atoms with van der Waals surface area (Å²) in [4.78, 5) is 4.24. The van der Waals surface area contributed by atoms with E-state index >= 15 is 0 Å². The summed E-state index contributed by atoms with van der Waals surface area (Å²) in [5.41, 5.74) is 0.515. The van der Waals surface area contributed by atoms with E-state index in [-0.39, 0.29) is 36.7 Å². The number of aromatic nitrogens is 1. The van der Waals surface area contributed by atoms with Gasteiger partial charge in [-0.15, -0.1) is 24.8 Å². The van der Waals surface area contributed by atoms with E-state index in [0.717, 1.165) is 25.9 Å². The highest BCUT2D eigenvalue weighted by atomic mass is 35.5. The molecular weight excluding hydrogens is 354 g/mol. The zero-order valence-electron chi connectivity index (χ0n) is 13.0. The molecule has 0 radical (unpaired) electrons. The maximum Gasteiger partial charge on any atom is 0.146 e. The zero-order valence-corrected chi connectivity index (χ0v) is 14.7. The fourth-order valence-corrected chi connectivity index (χ4v) is 3.75. The van der Waals surface area contributed by atoms with Crippen LogP contribution >= 0.6 is 24.8 Å². The Balaban J connectivity index is 0.00000104. The van der Waals surface area contributed by atoms with Gasteiger partial charge in [0.25, 0.3) is 0 Å². The second-order valence-electron chi connectivity index (χ2n) is 6.32. The number of aliphatic hydroxyl groups is 1. The van der Waals surface area contributed by atoms with Crippen LogP contribution in [0.2, 0.25) is 0 Å². The van der Waals surface area contributed by atoms with Crippen molar-refractivity contribution in [1.29, 1.82) is 0 Å². The van der Waals surface area contributed by atoms with Gasteiger partial charge in [0, 0.05) is 11.6 Å². The van der Waals surface area contributed by atoms with Gasteiger partial charge in [-0.25, -0.2) is 4.39 Å². The summed E-state index contributed by atoms with van der Waals surface area (Å²) in [6.07, 6.45) is 2.48. The van der Waals surface area contributed by atoms with E-state index < -0.39 is 6.10 Å². The summed E-state index contributed by atoms with van der Waals surface area (Å²) in [6, 6.07) is 6.41. The van der Waals surface area contributed by atoms with E-state index in [1.165, 1.54) is 6.07 Å². The molecule has 0 amide bonds. The lowest BCUT2D eigenvalue weighted by molar-refractivity contribution is -0.0225. The molecule has 4 rings (SSSR count). The molecule has 0 bridgehead atoms. The first-order chi connectivity index (χ1) is 10.7. The van der Waals surface area contributed by atoms with Crippen LogP contribution in [0.15, 0.2) is 30.5 Å². The average Bonchev–Trinajstić information content (AvgIpc) is 2.97. The van der Waals surface area contributed by atoms with Crippen molar-refractivity contribution in [2.24, 2.45) is 11.8 Å². The molecule has 24 heavy (non-hydrogen) atoms. The summed E-state index contributed by atoms with van der Waals surface area (Å²) in [5, 5.41) is 14.2. The average molecular weight is 375 g/mol. The second-order valence-corrected chi connectivity index (χ2v) is 6.32. The van der Waals surface area contributed by atoms with Gasteiger partial charge in [-0.1, -0.05) is 0 Å². The largest absolute Gasteiger partial charge is 0.485 e. The van der Waals surface area contributed by atoms with Crippen LogP contribution in [-0.2, 0) is 0 Å². The number of ether oxygens (including phenoxy) is 1. The van der Waals surface area contributed by atoms with Crippen LogP contribution in [0.1, 0.15) is 12.8 Å². The molecule has 2 aliphatic rings. The predicted molar refractivity (Wildman–Crippen MR) is 95.7 cm³/mol. The van der Waals surface area contributed by atoms with Crippen LogP contribution < -0.4 is 10.1 Å². The Morgan fingerprint density at radius 1 is 1.12 bits per heavy atom. The van der Waals surface area contributed by atoms with Crippen molar-refractivity contribution >= 4 is 35.7 Å². The molecule has 2 aromatic rings. The van der Waals surface area contributed by atoms with Gasteiger partial charge in [0.15, 0.2) is 0 Å². The lowest BCUT2D eigenvalue weighted by Gasteiger charge is -2.35. The highest BCUT2D eigenvalue weighted by Crippen LogP contribution is 2.36. The molecule has 0 unspecified atom stereocenters. The van der Waals surface area contributed by atoms with E-state index in [1.54, 1.807) is 24.4 Å². The molecule has 1 aliphatic carbocycles. The Hall–Kier alpha value is -1.14. The Kier molecular flexibility index (Phi) is 6.26. The molecule has 7 heteroatoms. The normalized spacial score (nSPS) is 28.6. The molecule has 1 saturated carbocycles. The fourth-order valence-electron chi connectivity index (χ4n) is 3.75. The maximum absolute atomic E-state index is 13.8. The number of benzene rings is 1. The van der Waals surface area contributed by atoms with Gasteiger partial charge in [-0.2, -0.15) is 0 Å². The minimum atomic E-state index is -0.482. The van der Waals surface area contributed by atoms with E-state index in [1.807, 2.05) is 0 Å². The van der Waals surface area contributed by atoms with Crippen molar-refractivity contribution < 1.29 is 14.2 Å². The Labute approximate surface area is 152 Å². The Morgan fingerprint density at radius 3 is 2.67 bits per heavy atom. The Morgan fingerprint density at radius 2 is 1.88 bits per heavy atom. The van der Waals surface area contributed by atoms with Gasteiger partial charge in [0.05, 0.1) is 6.10 Å². The molecule has 4 atom stereocenters. The molecule has 1 saturated heterocycles. The highest BCUT2D eigenvalue weighted by molar-refractivity contribution is 5.86. The SMILES string of the molecule is Cl.Cl.O[C@@H]1C[C@H]2CNC[C@H]2C[C@H]1Oc1ccc(F)c2cccnc12. The van der Waals surface area contributed by atoms with E-state index in [2.05, 4.69) is 10.3 Å². The summed E-state index contributed by atoms with van der Waals surface area (Å²) < 4.78 is 19.9. The topological polar surface area (TPSA) is 54.4 Å². The standard InChI is InChI=1S/C17H19FN2O2.2ClH/c18-13-3-4-15(17-12(13)2-1-5-20-17)22-16-7-11-9-19-8-10(11)6-14(16)21;;/h1-5,10-11,14,16,19,21H,6-9H2;2*1H/t10-,11+,14+,16+;;/m0../s1. The van der Waals surface area contributed by atoms with Crippen molar-refractivity contribution in [3.8, 4) is 5.75 Å². The van der Waals surface area contributed by atoms with Gasteiger partial charge in [0.2, 0.25) is 0 Å². The van der Waals surface area contributed by atoms with E-state index in [4.69, 9.17) is 4.74 Å². The second kappa shape index (κ2) is 7.83. The predicted octanol–water partition coefficient (Wildman–Crippen LogP) is 2.96. The minimum absolute atomic E-state index is 0. The fraction of sp³-hybridized carbons (Fsp3) is 0.471. The van der Waals surface area contributed by atoms with Crippen LogP contribution in [0.25, 0.3) is 10.9 Å². The number of nitrogens with one attached hydrogen (secondary N) is 1. The summed E-state index contributed by atoms with van der Waals surface area (Å²) in [7, 11) is 0. The highest BCUT2D eigenvalue weighted by Gasteiger charge is 2.40. The quantitative estimate of drug-likeness (QED) is 0.848. The number of aliphatic hydroxyl groups excluding tert-OH is 1. The van der Waals surface area contributed by atoms with Crippen molar-refractivity contribution in [3.63, 3.8) is 0 Å². The molecule has 2 N–H and O–H groups in total. The molecule has 132 valence electrons. The van der Waals surface area contributed by atoms with Crippen LogP contribution in [0, 0.1) is 17.7 Å². The number of hydrogen-bond acceptors (Lipinski definition) is 4. The maximum atomic E-state index is 13.8. The van der Waals surface area contributed by atoms with Crippen molar-refractivity contribution in [3.05, 3.63) is 36.3 Å². The van der Waals surface area contributed by atoms with Crippen molar-refractivity contribution in [1.82, 2.24) is 10.3 Å². The molecule has 2 heterocycles. The molecule has 1 aromatic heterocycles. The van der Waals surface area contributed by atoms with Crippen molar-refractivity contribution in [2.75, 3.05) is 13.1 Å². The van der Waals surface area contributed by atoms with Crippen LogP contribution in [0.3, 0.4) is 0 Å². The third-order valence-electron chi connectivity index (χ3n) is 4.95. The molecule has 0 spiro atoms. The van der Waals surface area contributed by atoms with Gasteiger partial charge in [-0.05, 0) is 62.0 Å². The van der Waals surface area contributed by atoms with Crippen LogP contribution in [-0.4, -0.2) is 35.4 Å². The monoisotopic (exact) mass is 374 g/mol. The number of fused-ring (bicyclic) bond motifs is 2. The number of halogens is 3. The van der Waals surface area contributed by atoms with Crippen molar-refractivity contribution in [2.45, 2.75) is 25.0 Å². The van der Waals surface area contributed by atoms with E-state index in [0.29, 0.717) is 28.5 Å². The first kappa shape index (κ1) is 19.2. The number of rotatable bonds is 2. The Bertz CT molecular complexity index is 703. The first-order valence-electron chi connectivity index (χ1n) is 7.81. The first-order valence-corrected chi connectivity index (χ1v) is 7.81. The van der Waals surface area contributed by atoms with Gasteiger partial charge >= 0.3 is 0 Å². The lowest BCUT2D eigenvalue weighted by Crippen LogP contribution is -2.42. The number of nitrogens with zero attached hydrogens (tertiary/aromatic N) is 1. The molecular formula is C17H21Cl2FN2O2. The summed E-state index contributed by atoms with van der Waals surface area (Å²) in [6.45, 7) is 1.97. The smallest absolute Gasteiger partial charge is 0.146 e. The molecule has 2 fully saturated rings. The molecule has 1 aromatic carbocycles. The number of pyridine rings is 1. The van der Waals surface area contributed by atoms with Gasteiger partial charge in [0.1, 0.15) is 23.2 Å². The number of hydrogen-bond donors (Lipinski definition) is 2. The molecule has 1 aliphatic heterocycles. The van der Waals surface area contributed by atoms with E-state index in [9.17, 15) is 9.50 Å². The lowest BCUT2D eigenvalue weighted by atomic mass is 9.78. The summed E-state index contributed by atoms with van der Waals surface area (Å²) >= 11 is 0. The molecule has 4 nitrogen and oxygen atoms in total. The van der Waals surface area contributed by atoms with Gasteiger partial charge < -0.3 is 15.2 Å². The van der Waals surface area contributed by atoms with Crippen LogP contribution in [0.4, 0.5) is 4.39 Å². The van der Waals surface area contributed by atoms with Crippen LogP contribution in [0.5, 0.6) is 5.75 Å². The zero-order chi connectivity index (χ0) is 15.1. The minimum Gasteiger partial charge on any atom is -0.485 e. The third kappa shape index (κ3) is 3.45.